The van der Waals surface area contributed by atoms with Crippen LogP contribution in [0.3, 0.4) is 0 Å². The first-order valence-corrected chi connectivity index (χ1v) is 5.14. The van der Waals surface area contributed by atoms with Crippen LogP contribution in [0.2, 0.25) is 0 Å². The summed E-state index contributed by atoms with van der Waals surface area (Å²) in [4.78, 5) is 2.95. The third-order valence-corrected chi connectivity index (χ3v) is 2.33. The average molecular weight is 310 g/mol. The SMILES string of the molecule is OCc1c(CCl)cnc(OC(F)(F)F)c1C(F)(F)F. The van der Waals surface area contributed by atoms with Crippen LogP contribution in [-0.2, 0) is 18.7 Å². The van der Waals surface area contributed by atoms with Crippen LogP contribution in [0.4, 0.5) is 26.3 Å². The molecular formula is C9H6ClF6NO2. The minimum atomic E-state index is -5.33. The molecule has 0 unspecified atom stereocenters. The molecule has 1 aromatic rings. The third-order valence-electron chi connectivity index (χ3n) is 2.04. The van der Waals surface area contributed by atoms with E-state index < -0.39 is 42.0 Å². The van der Waals surface area contributed by atoms with E-state index in [1.54, 1.807) is 0 Å². The monoisotopic (exact) mass is 309 g/mol. The van der Waals surface area contributed by atoms with Gasteiger partial charge in [-0.25, -0.2) is 4.98 Å². The van der Waals surface area contributed by atoms with Crippen molar-refractivity contribution in [3.05, 3.63) is 22.9 Å². The molecule has 1 aromatic heterocycles. The zero-order valence-corrected chi connectivity index (χ0v) is 9.70. The fraction of sp³-hybridized carbons (Fsp3) is 0.444. The van der Waals surface area contributed by atoms with E-state index in [1.807, 2.05) is 0 Å². The Bertz CT molecular complexity index is 459. The lowest BCUT2D eigenvalue weighted by molar-refractivity contribution is -0.278. The van der Waals surface area contributed by atoms with Crippen molar-refractivity contribution < 1.29 is 36.2 Å². The number of aliphatic hydroxyl groups is 1. The summed E-state index contributed by atoms with van der Waals surface area (Å²) in [6, 6.07) is 0. The minimum Gasteiger partial charge on any atom is -0.392 e. The van der Waals surface area contributed by atoms with Crippen LogP contribution in [0.25, 0.3) is 0 Å². The molecule has 19 heavy (non-hydrogen) atoms. The van der Waals surface area contributed by atoms with Crippen molar-refractivity contribution in [3.63, 3.8) is 0 Å². The fourth-order valence-electron chi connectivity index (χ4n) is 1.34. The van der Waals surface area contributed by atoms with Crippen molar-refractivity contribution in [2.75, 3.05) is 0 Å². The van der Waals surface area contributed by atoms with Gasteiger partial charge in [0.2, 0.25) is 5.88 Å². The molecule has 0 aliphatic rings. The quantitative estimate of drug-likeness (QED) is 0.688. The summed E-state index contributed by atoms with van der Waals surface area (Å²) in [5, 5.41) is 8.89. The molecule has 1 heterocycles. The Hall–Kier alpha value is -1.22. The molecule has 0 atom stereocenters. The van der Waals surface area contributed by atoms with Gasteiger partial charge < -0.3 is 9.84 Å². The molecule has 0 saturated heterocycles. The van der Waals surface area contributed by atoms with Gasteiger partial charge in [-0.1, -0.05) is 0 Å². The fourth-order valence-corrected chi connectivity index (χ4v) is 1.57. The van der Waals surface area contributed by atoms with Crippen LogP contribution in [0, 0.1) is 0 Å². The van der Waals surface area contributed by atoms with Crippen LogP contribution in [0.5, 0.6) is 5.88 Å². The summed E-state index contributed by atoms with van der Waals surface area (Å²) in [5.41, 5.74) is -2.81. The first-order chi connectivity index (χ1) is 8.60. The van der Waals surface area contributed by atoms with Gasteiger partial charge in [-0.05, 0) is 5.56 Å². The van der Waals surface area contributed by atoms with Gasteiger partial charge >= 0.3 is 12.5 Å². The number of alkyl halides is 7. The Morgan fingerprint density at radius 2 is 1.79 bits per heavy atom. The first-order valence-electron chi connectivity index (χ1n) is 4.60. The Labute approximate surface area is 107 Å². The zero-order valence-electron chi connectivity index (χ0n) is 8.94. The van der Waals surface area contributed by atoms with Gasteiger partial charge in [0.1, 0.15) is 5.56 Å². The molecule has 0 saturated carbocycles. The molecular weight excluding hydrogens is 304 g/mol. The zero-order chi connectivity index (χ0) is 14.8. The van der Waals surface area contributed by atoms with E-state index in [-0.39, 0.29) is 5.56 Å². The summed E-state index contributed by atoms with van der Waals surface area (Å²) in [6.07, 6.45) is -9.81. The van der Waals surface area contributed by atoms with Crippen molar-refractivity contribution >= 4 is 11.6 Å². The van der Waals surface area contributed by atoms with Gasteiger partial charge in [0.15, 0.2) is 0 Å². The summed E-state index contributed by atoms with van der Waals surface area (Å²) in [6.45, 7) is -1.15. The topological polar surface area (TPSA) is 42.4 Å². The van der Waals surface area contributed by atoms with Gasteiger partial charge in [-0.2, -0.15) is 13.2 Å². The van der Waals surface area contributed by atoms with Crippen LogP contribution in [0.15, 0.2) is 6.20 Å². The maximum Gasteiger partial charge on any atom is 0.574 e. The largest absolute Gasteiger partial charge is 0.574 e. The van der Waals surface area contributed by atoms with Crippen LogP contribution in [0.1, 0.15) is 16.7 Å². The van der Waals surface area contributed by atoms with Crippen molar-refractivity contribution in [3.8, 4) is 5.88 Å². The molecule has 1 N–H and O–H groups in total. The van der Waals surface area contributed by atoms with E-state index >= 15 is 0 Å². The Morgan fingerprint density at radius 3 is 2.16 bits per heavy atom. The molecule has 3 nitrogen and oxygen atoms in total. The number of hydrogen-bond donors (Lipinski definition) is 1. The number of hydrogen-bond acceptors (Lipinski definition) is 3. The molecule has 0 bridgehead atoms. The Kier molecular flexibility index (Phi) is 4.51. The minimum absolute atomic E-state index is 0.231. The lowest BCUT2D eigenvalue weighted by atomic mass is 10.1. The van der Waals surface area contributed by atoms with Gasteiger partial charge in [-0.3, -0.25) is 0 Å². The van der Waals surface area contributed by atoms with Crippen molar-refractivity contribution in [1.29, 1.82) is 0 Å². The van der Waals surface area contributed by atoms with Gasteiger partial charge in [0.25, 0.3) is 0 Å². The molecule has 108 valence electrons. The lowest BCUT2D eigenvalue weighted by Gasteiger charge is -2.18. The van der Waals surface area contributed by atoms with Gasteiger partial charge in [0.05, 0.1) is 6.61 Å². The third kappa shape index (κ3) is 3.87. The number of aromatic nitrogens is 1. The second-order valence-electron chi connectivity index (χ2n) is 3.28. The van der Waals surface area contributed by atoms with E-state index in [0.717, 1.165) is 0 Å². The molecule has 0 aliphatic heterocycles. The highest BCUT2D eigenvalue weighted by molar-refractivity contribution is 6.17. The van der Waals surface area contributed by atoms with E-state index in [4.69, 9.17) is 16.7 Å². The molecule has 0 radical (unpaired) electrons. The second-order valence-corrected chi connectivity index (χ2v) is 3.55. The normalized spacial score (nSPS) is 12.6. The predicted octanol–water partition coefficient (Wildman–Crippen LogP) is 3.23. The van der Waals surface area contributed by atoms with Crippen LogP contribution in [-0.4, -0.2) is 16.5 Å². The van der Waals surface area contributed by atoms with Crippen LogP contribution >= 0.6 is 11.6 Å². The standard InChI is InChI=1S/C9H6ClF6NO2/c10-1-4-2-17-7(19-9(14,15)16)6(5(4)3-18)8(11,12)13/h2,18H,1,3H2. The molecule has 0 aromatic carbocycles. The van der Waals surface area contributed by atoms with E-state index in [1.165, 1.54) is 0 Å². The number of halogens is 7. The molecule has 0 aliphatic carbocycles. The van der Waals surface area contributed by atoms with Gasteiger partial charge in [0, 0.05) is 17.6 Å². The average Bonchev–Trinajstić information content (AvgIpc) is 2.24. The van der Waals surface area contributed by atoms with Crippen molar-refractivity contribution in [2.24, 2.45) is 0 Å². The van der Waals surface area contributed by atoms with E-state index in [9.17, 15) is 26.3 Å². The first kappa shape index (κ1) is 15.8. The summed E-state index contributed by atoms with van der Waals surface area (Å²) in [5.74, 6) is -2.11. The molecule has 0 spiro atoms. The molecule has 10 heteroatoms. The maximum atomic E-state index is 12.7. The number of aliphatic hydroxyl groups excluding tert-OH is 1. The smallest absolute Gasteiger partial charge is 0.392 e. The second kappa shape index (κ2) is 5.41. The lowest BCUT2D eigenvalue weighted by Crippen LogP contribution is -2.23. The highest BCUT2D eigenvalue weighted by Crippen LogP contribution is 2.40. The molecule has 0 fully saturated rings. The highest BCUT2D eigenvalue weighted by Gasteiger charge is 2.42. The number of rotatable bonds is 3. The molecule has 0 amide bonds. The number of nitrogens with zero attached hydrogens (tertiary/aromatic N) is 1. The van der Waals surface area contributed by atoms with Crippen molar-refractivity contribution in [1.82, 2.24) is 4.98 Å². The van der Waals surface area contributed by atoms with E-state index in [0.29, 0.717) is 6.20 Å². The van der Waals surface area contributed by atoms with Gasteiger partial charge in [-0.15, -0.1) is 24.8 Å². The number of ether oxygens (including phenoxy) is 1. The predicted molar refractivity (Wildman–Crippen MR) is 51.4 cm³/mol. The highest BCUT2D eigenvalue weighted by atomic mass is 35.5. The van der Waals surface area contributed by atoms with Crippen molar-refractivity contribution in [2.45, 2.75) is 25.0 Å². The molecule has 1 rings (SSSR count). The summed E-state index contributed by atoms with van der Waals surface area (Å²) >= 11 is 5.34. The Morgan fingerprint density at radius 1 is 1.21 bits per heavy atom. The Balaban J connectivity index is 3.48. The van der Waals surface area contributed by atoms with Crippen LogP contribution < -0.4 is 4.74 Å². The summed E-state index contributed by atoms with van der Waals surface area (Å²) < 4.78 is 77.5. The summed E-state index contributed by atoms with van der Waals surface area (Å²) in [7, 11) is 0. The van der Waals surface area contributed by atoms with E-state index in [2.05, 4.69) is 9.72 Å². The number of pyridine rings is 1. The maximum absolute atomic E-state index is 12.7.